The fourth-order valence-electron chi connectivity index (χ4n) is 1.50. The van der Waals surface area contributed by atoms with E-state index in [4.69, 9.17) is 0 Å². The molecule has 0 saturated heterocycles. The molecule has 0 aliphatic rings. The van der Waals surface area contributed by atoms with Gasteiger partial charge in [0.25, 0.3) is 0 Å². The summed E-state index contributed by atoms with van der Waals surface area (Å²) in [6, 6.07) is 3.96. The van der Waals surface area contributed by atoms with Gasteiger partial charge in [-0.1, -0.05) is 6.08 Å². The first kappa shape index (κ1) is 10.4. The Morgan fingerprint density at radius 3 is 2.88 bits per heavy atom. The zero-order valence-corrected chi connectivity index (χ0v) is 8.37. The van der Waals surface area contributed by atoms with Crippen LogP contribution in [-0.4, -0.2) is 5.11 Å². The molecule has 0 spiro atoms. The standard InChI is InChI=1S/C12H9FO3/c1-2-3-7-4-8-5-9(13)12(15)16-11(8)6-10(7)14/h2,4-6,14H,1,3H2. The van der Waals surface area contributed by atoms with Gasteiger partial charge in [0, 0.05) is 11.5 Å². The molecule has 82 valence electrons. The SMILES string of the molecule is C=CCc1cc2cc(F)c(=O)oc2cc1O. The van der Waals surface area contributed by atoms with Crippen molar-refractivity contribution in [3.63, 3.8) is 0 Å². The molecule has 1 heterocycles. The van der Waals surface area contributed by atoms with Crippen LogP contribution in [0, 0.1) is 5.82 Å². The Kier molecular flexibility index (Phi) is 2.48. The highest BCUT2D eigenvalue weighted by atomic mass is 19.1. The van der Waals surface area contributed by atoms with Crippen LogP contribution in [0.25, 0.3) is 11.0 Å². The van der Waals surface area contributed by atoms with Gasteiger partial charge in [-0.2, -0.15) is 4.39 Å². The minimum absolute atomic E-state index is 0.00200. The Hall–Kier alpha value is -2.10. The predicted molar refractivity (Wildman–Crippen MR) is 58.0 cm³/mol. The lowest BCUT2D eigenvalue weighted by atomic mass is 10.1. The molecule has 0 radical (unpaired) electrons. The highest BCUT2D eigenvalue weighted by molar-refractivity contribution is 5.79. The van der Waals surface area contributed by atoms with Gasteiger partial charge < -0.3 is 9.52 Å². The van der Waals surface area contributed by atoms with Crippen molar-refractivity contribution < 1.29 is 13.9 Å². The summed E-state index contributed by atoms with van der Waals surface area (Å²) in [5, 5.41) is 10.0. The van der Waals surface area contributed by atoms with Gasteiger partial charge in [0.05, 0.1) is 0 Å². The number of hydrogen-bond donors (Lipinski definition) is 1. The first-order chi connectivity index (χ1) is 7.61. The third-order valence-corrected chi connectivity index (χ3v) is 2.26. The summed E-state index contributed by atoms with van der Waals surface area (Å²) in [6.07, 6.45) is 2.08. The number of phenolic OH excluding ortho intramolecular Hbond substituents is 1. The molecule has 1 aromatic carbocycles. The third-order valence-electron chi connectivity index (χ3n) is 2.26. The molecule has 0 aliphatic carbocycles. The van der Waals surface area contributed by atoms with E-state index in [0.29, 0.717) is 17.4 Å². The molecular formula is C12H9FO3. The fourth-order valence-corrected chi connectivity index (χ4v) is 1.50. The molecule has 0 unspecified atom stereocenters. The molecule has 0 fully saturated rings. The Balaban J connectivity index is 2.74. The van der Waals surface area contributed by atoms with Crippen LogP contribution in [0.1, 0.15) is 5.56 Å². The van der Waals surface area contributed by atoms with Crippen LogP contribution in [0.2, 0.25) is 0 Å². The molecule has 0 aliphatic heterocycles. The lowest BCUT2D eigenvalue weighted by Gasteiger charge is -2.03. The maximum Gasteiger partial charge on any atom is 0.372 e. The van der Waals surface area contributed by atoms with Crippen molar-refractivity contribution in [2.75, 3.05) is 0 Å². The van der Waals surface area contributed by atoms with Crippen molar-refractivity contribution in [3.05, 3.63) is 52.7 Å². The van der Waals surface area contributed by atoms with Crippen molar-refractivity contribution >= 4 is 11.0 Å². The van der Waals surface area contributed by atoms with Crippen molar-refractivity contribution in [1.82, 2.24) is 0 Å². The maximum atomic E-state index is 13.0. The Morgan fingerprint density at radius 2 is 2.19 bits per heavy atom. The molecule has 4 heteroatoms. The molecule has 2 aromatic rings. The van der Waals surface area contributed by atoms with Crippen LogP contribution in [0.5, 0.6) is 5.75 Å². The number of aromatic hydroxyl groups is 1. The first-order valence-corrected chi connectivity index (χ1v) is 4.68. The molecule has 1 N–H and O–H groups in total. The predicted octanol–water partition coefficient (Wildman–Crippen LogP) is 2.37. The van der Waals surface area contributed by atoms with E-state index in [1.165, 1.54) is 6.07 Å². The molecule has 0 amide bonds. The third kappa shape index (κ3) is 1.69. The van der Waals surface area contributed by atoms with E-state index in [9.17, 15) is 14.3 Å². The summed E-state index contributed by atoms with van der Waals surface area (Å²) in [7, 11) is 0. The molecule has 0 atom stereocenters. The fraction of sp³-hybridized carbons (Fsp3) is 0.0833. The summed E-state index contributed by atoms with van der Waals surface area (Å²) in [4.78, 5) is 10.9. The van der Waals surface area contributed by atoms with Gasteiger partial charge in [0.15, 0.2) is 0 Å². The van der Waals surface area contributed by atoms with Crippen molar-refractivity contribution in [2.24, 2.45) is 0 Å². The van der Waals surface area contributed by atoms with Crippen molar-refractivity contribution in [2.45, 2.75) is 6.42 Å². The average Bonchev–Trinajstić information content (AvgIpc) is 2.23. The van der Waals surface area contributed by atoms with E-state index in [1.807, 2.05) is 0 Å². The lowest BCUT2D eigenvalue weighted by Crippen LogP contribution is -2.03. The van der Waals surface area contributed by atoms with E-state index in [0.717, 1.165) is 6.07 Å². The molecule has 3 nitrogen and oxygen atoms in total. The van der Waals surface area contributed by atoms with Crippen LogP contribution in [0.4, 0.5) is 4.39 Å². The van der Waals surface area contributed by atoms with Crippen LogP contribution >= 0.6 is 0 Å². The Bertz CT molecular complexity index is 613. The van der Waals surface area contributed by atoms with E-state index in [2.05, 4.69) is 11.0 Å². The highest BCUT2D eigenvalue weighted by Crippen LogP contribution is 2.25. The monoisotopic (exact) mass is 220 g/mol. The number of phenols is 1. The lowest BCUT2D eigenvalue weighted by molar-refractivity contribution is 0.462. The van der Waals surface area contributed by atoms with Crippen molar-refractivity contribution in [3.8, 4) is 5.75 Å². The second kappa shape index (κ2) is 3.81. The summed E-state index contributed by atoms with van der Waals surface area (Å²) < 4.78 is 17.7. The minimum Gasteiger partial charge on any atom is -0.508 e. The molecule has 1 aromatic heterocycles. The van der Waals surface area contributed by atoms with Crippen LogP contribution in [0.3, 0.4) is 0 Å². The van der Waals surface area contributed by atoms with Gasteiger partial charge in [-0.05, 0) is 24.1 Å². The summed E-state index contributed by atoms with van der Waals surface area (Å²) >= 11 is 0. The number of benzene rings is 1. The number of hydrogen-bond acceptors (Lipinski definition) is 3. The summed E-state index contributed by atoms with van der Waals surface area (Å²) in [5.74, 6) is -0.940. The van der Waals surface area contributed by atoms with E-state index >= 15 is 0 Å². The second-order valence-corrected chi connectivity index (χ2v) is 3.39. The zero-order valence-electron chi connectivity index (χ0n) is 8.37. The van der Waals surface area contributed by atoms with E-state index in [1.54, 1.807) is 12.1 Å². The van der Waals surface area contributed by atoms with Crippen LogP contribution in [-0.2, 0) is 6.42 Å². The minimum atomic E-state index is -1.04. The van der Waals surface area contributed by atoms with Crippen LogP contribution in [0.15, 0.2) is 40.1 Å². The molecule has 0 bridgehead atoms. The highest BCUT2D eigenvalue weighted by Gasteiger charge is 2.08. The van der Waals surface area contributed by atoms with Crippen LogP contribution < -0.4 is 5.63 Å². The smallest absolute Gasteiger partial charge is 0.372 e. The Morgan fingerprint density at radius 1 is 1.44 bits per heavy atom. The van der Waals surface area contributed by atoms with E-state index < -0.39 is 11.4 Å². The van der Waals surface area contributed by atoms with Gasteiger partial charge >= 0.3 is 5.63 Å². The van der Waals surface area contributed by atoms with Crippen molar-refractivity contribution in [1.29, 1.82) is 0 Å². The largest absolute Gasteiger partial charge is 0.508 e. The maximum absolute atomic E-state index is 13.0. The number of rotatable bonds is 2. The zero-order chi connectivity index (χ0) is 11.7. The summed E-state index contributed by atoms with van der Waals surface area (Å²) in [5.41, 5.74) is -0.268. The molecule has 16 heavy (non-hydrogen) atoms. The topological polar surface area (TPSA) is 50.4 Å². The first-order valence-electron chi connectivity index (χ1n) is 4.68. The average molecular weight is 220 g/mol. The van der Waals surface area contributed by atoms with Gasteiger partial charge in [0.2, 0.25) is 5.82 Å². The molecule has 0 saturated carbocycles. The second-order valence-electron chi connectivity index (χ2n) is 3.39. The number of allylic oxidation sites excluding steroid dienone is 1. The Labute approximate surface area is 90.4 Å². The van der Waals surface area contributed by atoms with Gasteiger partial charge in [-0.25, -0.2) is 4.79 Å². The summed E-state index contributed by atoms with van der Waals surface area (Å²) in [6.45, 7) is 3.55. The number of halogens is 1. The molecule has 2 rings (SSSR count). The normalized spacial score (nSPS) is 10.6. The van der Waals surface area contributed by atoms with Gasteiger partial charge in [0.1, 0.15) is 11.3 Å². The molecular weight excluding hydrogens is 211 g/mol. The number of fused-ring (bicyclic) bond motifs is 1. The quantitative estimate of drug-likeness (QED) is 0.624. The van der Waals surface area contributed by atoms with E-state index in [-0.39, 0.29) is 11.3 Å². The van der Waals surface area contributed by atoms with Gasteiger partial charge in [-0.3, -0.25) is 0 Å². The van der Waals surface area contributed by atoms with Gasteiger partial charge in [-0.15, -0.1) is 6.58 Å².